The van der Waals surface area contributed by atoms with Crippen molar-refractivity contribution in [2.45, 2.75) is 6.18 Å². The highest BCUT2D eigenvalue weighted by Gasteiger charge is 2.32. The number of nitrogens with zero attached hydrogens (tertiary/aromatic N) is 3. The van der Waals surface area contributed by atoms with Crippen molar-refractivity contribution in [2.75, 3.05) is 0 Å². The van der Waals surface area contributed by atoms with Gasteiger partial charge in [0, 0.05) is 11.6 Å². The molecule has 0 bridgehead atoms. The summed E-state index contributed by atoms with van der Waals surface area (Å²) in [5, 5.41) is 0.279. The molecule has 0 N–H and O–H groups in total. The molecule has 0 saturated heterocycles. The van der Waals surface area contributed by atoms with E-state index in [0.717, 1.165) is 6.07 Å². The number of halogens is 4. The molecule has 78 valence electrons. The van der Waals surface area contributed by atoms with Gasteiger partial charge in [0.2, 0.25) is 5.28 Å². The topological polar surface area (TPSA) is 38.7 Å². The molecule has 0 atom stereocenters. The van der Waals surface area contributed by atoms with Crippen molar-refractivity contribution in [3.63, 3.8) is 0 Å². The summed E-state index contributed by atoms with van der Waals surface area (Å²) in [6.07, 6.45) is -3.16. The normalized spacial score (nSPS) is 12.0. The summed E-state index contributed by atoms with van der Waals surface area (Å²) >= 11 is 5.44. The molecular weight excluding hydrogens is 231 g/mol. The summed E-state index contributed by atoms with van der Waals surface area (Å²) in [5.41, 5.74) is -1.06. The maximum atomic E-state index is 12.3. The Morgan fingerprint density at radius 1 is 1.13 bits per heavy atom. The average molecular weight is 234 g/mol. The van der Waals surface area contributed by atoms with E-state index in [1.165, 1.54) is 12.3 Å². The molecule has 0 aliphatic carbocycles. The van der Waals surface area contributed by atoms with Gasteiger partial charge in [-0.1, -0.05) is 0 Å². The zero-order chi connectivity index (χ0) is 11.1. The summed E-state index contributed by atoms with van der Waals surface area (Å²) in [5.74, 6) is 0. The predicted octanol–water partition coefficient (Wildman–Crippen LogP) is 2.70. The number of hydrogen-bond acceptors (Lipinski definition) is 3. The molecule has 0 unspecified atom stereocenters. The van der Waals surface area contributed by atoms with E-state index in [2.05, 4.69) is 15.0 Å². The monoisotopic (exact) mass is 233 g/mol. The largest absolute Gasteiger partial charge is 0.433 e. The summed E-state index contributed by atoms with van der Waals surface area (Å²) < 4.78 is 36.8. The fraction of sp³-hybridized carbons (Fsp3) is 0.125. The number of aromatic nitrogens is 3. The van der Waals surface area contributed by atoms with Crippen LogP contribution in [0.15, 0.2) is 18.3 Å². The van der Waals surface area contributed by atoms with Crippen molar-refractivity contribution in [2.24, 2.45) is 0 Å². The zero-order valence-corrected chi connectivity index (χ0v) is 7.84. The molecule has 2 aromatic rings. The van der Waals surface area contributed by atoms with Crippen LogP contribution in [-0.4, -0.2) is 15.0 Å². The molecule has 0 spiro atoms. The lowest BCUT2D eigenvalue weighted by Gasteiger charge is -2.05. The summed E-state index contributed by atoms with van der Waals surface area (Å²) in [6, 6.07) is 2.13. The van der Waals surface area contributed by atoms with Crippen LogP contribution in [0.1, 0.15) is 5.69 Å². The van der Waals surface area contributed by atoms with E-state index >= 15 is 0 Å². The van der Waals surface area contributed by atoms with Crippen LogP contribution in [0.3, 0.4) is 0 Å². The van der Waals surface area contributed by atoms with Crippen LogP contribution < -0.4 is 0 Å². The SMILES string of the molecule is FC(F)(F)c1ccc2cnc(Cl)nc2n1. The van der Waals surface area contributed by atoms with Crippen LogP contribution in [0.25, 0.3) is 11.0 Å². The number of rotatable bonds is 0. The fourth-order valence-electron chi connectivity index (χ4n) is 1.05. The first-order valence-electron chi connectivity index (χ1n) is 3.83. The van der Waals surface area contributed by atoms with Gasteiger partial charge in [-0.15, -0.1) is 0 Å². The highest BCUT2D eigenvalue weighted by atomic mass is 35.5. The second kappa shape index (κ2) is 3.30. The van der Waals surface area contributed by atoms with Crippen molar-refractivity contribution in [3.8, 4) is 0 Å². The van der Waals surface area contributed by atoms with Gasteiger partial charge in [0.1, 0.15) is 5.69 Å². The lowest BCUT2D eigenvalue weighted by molar-refractivity contribution is -0.141. The van der Waals surface area contributed by atoms with E-state index in [1.54, 1.807) is 0 Å². The molecular formula is C8H3ClF3N3. The van der Waals surface area contributed by atoms with Crippen molar-refractivity contribution in [3.05, 3.63) is 29.3 Å². The third kappa shape index (κ3) is 1.99. The Bertz CT molecular complexity index is 512. The van der Waals surface area contributed by atoms with Gasteiger partial charge in [-0.05, 0) is 23.7 Å². The molecule has 2 rings (SSSR count). The summed E-state index contributed by atoms with van der Waals surface area (Å²) in [6.45, 7) is 0. The predicted molar refractivity (Wildman–Crippen MR) is 47.3 cm³/mol. The van der Waals surface area contributed by atoms with E-state index in [-0.39, 0.29) is 10.9 Å². The molecule has 15 heavy (non-hydrogen) atoms. The molecule has 0 aliphatic rings. The smallest absolute Gasteiger partial charge is 0.226 e. The van der Waals surface area contributed by atoms with Gasteiger partial charge in [0.05, 0.1) is 0 Å². The highest BCUT2D eigenvalue weighted by molar-refractivity contribution is 6.28. The molecule has 0 amide bonds. The molecule has 3 nitrogen and oxygen atoms in total. The minimum absolute atomic E-state index is 0.0650. The Balaban J connectivity index is 2.64. The maximum absolute atomic E-state index is 12.3. The van der Waals surface area contributed by atoms with E-state index in [1.807, 2.05) is 0 Å². The number of fused-ring (bicyclic) bond motifs is 1. The van der Waals surface area contributed by atoms with Gasteiger partial charge in [0.15, 0.2) is 5.65 Å². The average Bonchev–Trinajstić information content (AvgIpc) is 2.15. The third-order valence-electron chi connectivity index (χ3n) is 1.70. The summed E-state index contributed by atoms with van der Waals surface area (Å²) in [4.78, 5) is 10.6. The first-order chi connectivity index (χ1) is 6.97. The highest BCUT2D eigenvalue weighted by Crippen LogP contribution is 2.28. The van der Waals surface area contributed by atoms with Crippen LogP contribution >= 0.6 is 11.6 Å². The van der Waals surface area contributed by atoms with Crippen molar-refractivity contribution < 1.29 is 13.2 Å². The van der Waals surface area contributed by atoms with Crippen LogP contribution in [0.5, 0.6) is 0 Å². The molecule has 0 aliphatic heterocycles. The van der Waals surface area contributed by atoms with Crippen LogP contribution in [0, 0.1) is 0 Å². The zero-order valence-electron chi connectivity index (χ0n) is 7.09. The van der Waals surface area contributed by atoms with Crippen molar-refractivity contribution >= 4 is 22.6 Å². The molecule has 2 aromatic heterocycles. The number of alkyl halides is 3. The number of pyridine rings is 1. The van der Waals surface area contributed by atoms with E-state index < -0.39 is 11.9 Å². The second-order valence-corrected chi connectivity index (χ2v) is 3.08. The summed E-state index contributed by atoms with van der Waals surface area (Å²) in [7, 11) is 0. The first-order valence-corrected chi connectivity index (χ1v) is 4.21. The van der Waals surface area contributed by atoms with E-state index in [0.29, 0.717) is 5.39 Å². The lowest BCUT2D eigenvalue weighted by Crippen LogP contribution is -2.08. The Kier molecular flexibility index (Phi) is 2.22. The molecule has 0 fully saturated rings. The molecule has 2 heterocycles. The van der Waals surface area contributed by atoms with Gasteiger partial charge in [0.25, 0.3) is 0 Å². The van der Waals surface area contributed by atoms with Gasteiger partial charge in [-0.25, -0.2) is 9.97 Å². The third-order valence-corrected chi connectivity index (χ3v) is 1.89. The minimum Gasteiger partial charge on any atom is -0.226 e. The Morgan fingerprint density at radius 3 is 2.53 bits per heavy atom. The molecule has 0 aromatic carbocycles. The standard InChI is InChI=1S/C8H3ClF3N3/c9-7-13-3-4-1-2-5(8(10,11)12)14-6(4)15-7/h1-3H. The second-order valence-electron chi connectivity index (χ2n) is 2.75. The lowest BCUT2D eigenvalue weighted by atomic mass is 10.3. The molecule has 0 radical (unpaired) electrons. The van der Waals surface area contributed by atoms with E-state index in [9.17, 15) is 13.2 Å². The number of hydrogen-bond donors (Lipinski definition) is 0. The van der Waals surface area contributed by atoms with Gasteiger partial charge >= 0.3 is 6.18 Å². The minimum atomic E-state index is -4.48. The quantitative estimate of drug-likeness (QED) is 0.657. The van der Waals surface area contributed by atoms with Crippen LogP contribution in [0.2, 0.25) is 5.28 Å². The maximum Gasteiger partial charge on any atom is 0.433 e. The van der Waals surface area contributed by atoms with Crippen LogP contribution in [0.4, 0.5) is 13.2 Å². The van der Waals surface area contributed by atoms with Gasteiger partial charge in [-0.2, -0.15) is 18.2 Å². The van der Waals surface area contributed by atoms with Crippen LogP contribution in [-0.2, 0) is 6.18 Å². The Hall–Kier alpha value is -1.43. The van der Waals surface area contributed by atoms with E-state index in [4.69, 9.17) is 11.6 Å². The van der Waals surface area contributed by atoms with Crippen molar-refractivity contribution in [1.82, 2.24) is 15.0 Å². The van der Waals surface area contributed by atoms with Gasteiger partial charge in [-0.3, -0.25) is 0 Å². The fourth-order valence-corrected chi connectivity index (χ4v) is 1.18. The Morgan fingerprint density at radius 2 is 1.87 bits per heavy atom. The Labute approximate surface area is 86.9 Å². The molecule has 0 saturated carbocycles. The molecule has 7 heteroatoms. The van der Waals surface area contributed by atoms with Gasteiger partial charge < -0.3 is 0 Å². The first kappa shape index (κ1) is 10.1. The van der Waals surface area contributed by atoms with Crippen molar-refractivity contribution in [1.29, 1.82) is 0 Å².